The molecule has 7 heteroatoms. The number of fused-ring (bicyclic) bond motifs is 1. The van der Waals surface area contributed by atoms with Crippen LogP contribution in [-0.4, -0.2) is 79.4 Å². The molecule has 0 bridgehead atoms. The fourth-order valence-corrected chi connectivity index (χ4v) is 4.01. The van der Waals surface area contributed by atoms with Gasteiger partial charge in [0.1, 0.15) is 5.82 Å². The molecule has 1 fully saturated rings. The summed E-state index contributed by atoms with van der Waals surface area (Å²) in [4.78, 5) is 16.6. The summed E-state index contributed by atoms with van der Waals surface area (Å²) in [6, 6.07) is 0.381. The highest BCUT2D eigenvalue weighted by molar-refractivity contribution is 5.54. The predicted molar refractivity (Wildman–Crippen MR) is 106 cm³/mol. The van der Waals surface area contributed by atoms with Crippen LogP contribution in [0.2, 0.25) is 0 Å². The first-order valence-electron chi connectivity index (χ1n) is 9.87. The van der Waals surface area contributed by atoms with Gasteiger partial charge in [-0.15, -0.1) is 0 Å². The van der Waals surface area contributed by atoms with Gasteiger partial charge in [0.2, 0.25) is 5.95 Å². The number of nitrogens with zero attached hydrogens (tertiary/aromatic N) is 5. The predicted octanol–water partition coefficient (Wildman–Crippen LogP) is 0.717. The third kappa shape index (κ3) is 4.27. The van der Waals surface area contributed by atoms with Gasteiger partial charge in [-0.25, -0.2) is 4.98 Å². The van der Waals surface area contributed by atoms with E-state index in [1.54, 1.807) is 0 Å². The van der Waals surface area contributed by atoms with Gasteiger partial charge in [-0.05, 0) is 25.3 Å². The third-order valence-corrected chi connectivity index (χ3v) is 5.27. The minimum absolute atomic E-state index is 0.238. The summed E-state index contributed by atoms with van der Waals surface area (Å²) in [7, 11) is 3.99. The van der Waals surface area contributed by atoms with Crippen LogP contribution in [0.25, 0.3) is 0 Å². The molecule has 0 radical (unpaired) electrons. The first-order valence-corrected chi connectivity index (χ1v) is 9.87. The van der Waals surface area contributed by atoms with Crippen LogP contribution < -0.4 is 15.1 Å². The zero-order valence-electron chi connectivity index (χ0n) is 16.7. The molecule has 0 saturated carbocycles. The SMILES string of the molecule is CC(C)CN1CCN(c2nc(N(C)C)nc3c2CCNC3)C[C@H]1CCO. The summed E-state index contributed by atoms with van der Waals surface area (Å²) < 4.78 is 0. The van der Waals surface area contributed by atoms with Gasteiger partial charge < -0.3 is 20.2 Å². The van der Waals surface area contributed by atoms with E-state index >= 15 is 0 Å². The summed E-state index contributed by atoms with van der Waals surface area (Å²) in [5.74, 6) is 2.53. The smallest absolute Gasteiger partial charge is 0.227 e. The van der Waals surface area contributed by atoms with Gasteiger partial charge >= 0.3 is 0 Å². The van der Waals surface area contributed by atoms with Crippen LogP contribution in [0, 0.1) is 5.92 Å². The summed E-state index contributed by atoms with van der Waals surface area (Å²) in [5.41, 5.74) is 2.43. The van der Waals surface area contributed by atoms with Crippen LogP contribution in [0.3, 0.4) is 0 Å². The van der Waals surface area contributed by atoms with E-state index in [2.05, 4.69) is 29.0 Å². The highest BCUT2D eigenvalue weighted by Gasteiger charge is 2.30. The number of rotatable bonds is 6. The van der Waals surface area contributed by atoms with Crippen molar-refractivity contribution in [2.75, 3.05) is 63.2 Å². The number of aliphatic hydroxyl groups is 1. The molecule has 2 aliphatic rings. The molecule has 0 aromatic carbocycles. The Morgan fingerprint density at radius 3 is 2.77 bits per heavy atom. The van der Waals surface area contributed by atoms with Crippen LogP contribution in [0.15, 0.2) is 0 Å². The number of nitrogens with one attached hydrogen (secondary N) is 1. The summed E-state index contributed by atoms with van der Waals surface area (Å²) in [6.45, 7) is 10.6. The van der Waals surface area contributed by atoms with Crippen molar-refractivity contribution in [3.8, 4) is 0 Å². The molecular formula is C19H34N6O. The largest absolute Gasteiger partial charge is 0.396 e. The number of hydrogen-bond acceptors (Lipinski definition) is 7. The van der Waals surface area contributed by atoms with Crippen molar-refractivity contribution in [1.29, 1.82) is 0 Å². The normalized spacial score (nSPS) is 21.2. The number of piperazine rings is 1. The summed E-state index contributed by atoms with van der Waals surface area (Å²) >= 11 is 0. The van der Waals surface area contributed by atoms with E-state index in [-0.39, 0.29) is 6.61 Å². The molecule has 0 spiro atoms. The molecule has 1 atom stereocenters. The molecule has 0 amide bonds. The molecule has 26 heavy (non-hydrogen) atoms. The van der Waals surface area contributed by atoms with E-state index in [1.807, 2.05) is 19.0 Å². The van der Waals surface area contributed by atoms with Crippen molar-refractivity contribution in [2.45, 2.75) is 39.3 Å². The van der Waals surface area contributed by atoms with Crippen molar-refractivity contribution >= 4 is 11.8 Å². The summed E-state index contributed by atoms with van der Waals surface area (Å²) in [6.07, 6.45) is 1.80. The Kier molecular flexibility index (Phi) is 6.32. The first-order chi connectivity index (χ1) is 12.5. The van der Waals surface area contributed by atoms with Crippen LogP contribution in [0.4, 0.5) is 11.8 Å². The lowest BCUT2D eigenvalue weighted by molar-refractivity contribution is 0.128. The van der Waals surface area contributed by atoms with Crippen LogP contribution >= 0.6 is 0 Å². The van der Waals surface area contributed by atoms with Gasteiger partial charge in [-0.2, -0.15) is 4.98 Å². The monoisotopic (exact) mass is 362 g/mol. The fraction of sp³-hybridized carbons (Fsp3) is 0.789. The van der Waals surface area contributed by atoms with E-state index in [4.69, 9.17) is 9.97 Å². The molecule has 3 heterocycles. The number of anilines is 2. The van der Waals surface area contributed by atoms with E-state index in [0.717, 1.165) is 69.6 Å². The molecule has 146 valence electrons. The van der Waals surface area contributed by atoms with Crippen LogP contribution in [0.5, 0.6) is 0 Å². The number of hydrogen-bond donors (Lipinski definition) is 2. The zero-order valence-corrected chi connectivity index (χ0v) is 16.7. The molecule has 0 unspecified atom stereocenters. The maximum atomic E-state index is 9.55. The summed E-state index contributed by atoms with van der Waals surface area (Å²) in [5, 5.41) is 13.0. The van der Waals surface area contributed by atoms with Gasteiger partial charge in [0.05, 0.1) is 5.69 Å². The fourth-order valence-electron chi connectivity index (χ4n) is 4.01. The molecular weight excluding hydrogens is 328 g/mol. The van der Waals surface area contributed by atoms with Gasteiger partial charge in [0.15, 0.2) is 0 Å². The Morgan fingerprint density at radius 1 is 1.27 bits per heavy atom. The van der Waals surface area contributed by atoms with Crippen molar-refractivity contribution in [3.05, 3.63) is 11.3 Å². The zero-order chi connectivity index (χ0) is 18.7. The Labute approximate surface area is 157 Å². The van der Waals surface area contributed by atoms with Crippen molar-refractivity contribution in [1.82, 2.24) is 20.2 Å². The average Bonchev–Trinajstić information content (AvgIpc) is 2.62. The molecule has 1 saturated heterocycles. The van der Waals surface area contributed by atoms with Crippen LogP contribution in [0.1, 0.15) is 31.5 Å². The Balaban J connectivity index is 1.87. The maximum Gasteiger partial charge on any atom is 0.227 e. The van der Waals surface area contributed by atoms with Crippen molar-refractivity contribution in [2.24, 2.45) is 5.92 Å². The Morgan fingerprint density at radius 2 is 2.08 bits per heavy atom. The highest BCUT2D eigenvalue weighted by Crippen LogP contribution is 2.28. The maximum absolute atomic E-state index is 9.55. The highest BCUT2D eigenvalue weighted by atomic mass is 16.3. The first kappa shape index (κ1) is 19.3. The third-order valence-electron chi connectivity index (χ3n) is 5.27. The second-order valence-electron chi connectivity index (χ2n) is 8.09. The minimum Gasteiger partial charge on any atom is -0.396 e. The van der Waals surface area contributed by atoms with Gasteiger partial charge in [-0.1, -0.05) is 13.8 Å². The van der Waals surface area contributed by atoms with Gasteiger partial charge in [0, 0.05) is 65.0 Å². The molecule has 0 aliphatic carbocycles. The van der Waals surface area contributed by atoms with Crippen LogP contribution in [-0.2, 0) is 13.0 Å². The molecule has 7 nitrogen and oxygen atoms in total. The second kappa shape index (κ2) is 8.50. The van der Waals surface area contributed by atoms with Gasteiger partial charge in [-0.3, -0.25) is 4.90 Å². The van der Waals surface area contributed by atoms with Crippen molar-refractivity contribution < 1.29 is 5.11 Å². The molecule has 2 N–H and O–H groups in total. The quantitative estimate of drug-likeness (QED) is 0.773. The lowest BCUT2D eigenvalue weighted by Gasteiger charge is -2.43. The Bertz CT molecular complexity index is 606. The topological polar surface area (TPSA) is 67.8 Å². The average molecular weight is 363 g/mol. The van der Waals surface area contributed by atoms with E-state index in [0.29, 0.717) is 12.0 Å². The van der Waals surface area contributed by atoms with E-state index in [1.165, 1.54) is 5.56 Å². The van der Waals surface area contributed by atoms with Crippen molar-refractivity contribution in [3.63, 3.8) is 0 Å². The Hall–Kier alpha value is -1.44. The molecule has 1 aromatic rings. The standard InChI is InChI=1S/C19H34N6O/c1-14(2)12-24-8-9-25(13-15(24)6-10-26)18-16-5-7-20-11-17(16)21-19(22-18)23(3)4/h14-15,20,26H,5-13H2,1-4H3/t15-/m1/s1. The molecule has 3 rings (SSSR count). The van der Waals surface area contributed by atoms with E-state index < -0.39 is 0 Å². The number of aliphatic hydroxyl groups excluding tert-OH is 1. The minimum atomic E-state index is 0.238. The number of aromatic nitrogens is 2. The van der Waals surface area contributed by atoms with Gasteiger partial charge in [0.25, 0.3) is 0 Å². The second-order valence-corrected chi connectivity index (χ2v) is 8.09. The molecule has 1 aromatic heterocycles. The lowest BCUT2D eigenvalue weighted by atomic mass is 10.0. The molecule has 2 aliphatic heterocycles. The van der Waals surface area contributed by atoms with E-state index in [9.17, 15) is 5.11 Å². The lowest BCUT2D eigenvalue weighted by Crippen LogP contribution is -2.55.